The lowest BCUT2D eigenvalue weighted by Crippen LogP contribution is -1.86. The Labute approximate surface area is 233 Å². The van der Waals surface area contributed by atoms with Crippen molar-refractivity contribution >= 4 is 22.1 Å². The molecule has 0 aliphatic heterocycles. The Bertz CT molecular complexity index is 1880. The minimum Gasteiger partial charge on any atom is -0.134 e. The fourth-order valence-electron chi connectivity index (χ4n) is 5.39. The van der Waals surface area contributed by atoms with E-state index in [1.54, 1.807) is 0 Å². The maximum Gasteiger partial charge on any atom is 0.0434 e. The van der Waals surface area contributed by atoms with E-state index in [9.17, 15) is 0 Å². The largest absolute Gasteiger partial charge is 0.134 e. The highest BCUT2D eigenvalue weighted by atomic mass is 32.1. The van der Waals surface area contributed by atoms with Crippen molar-refractivity contribution in [1.82, 2.24) is 0 Å². The molecule has 6 aromatic carbocycles. The van der Waals surface area contributed by atoms with Crippen LogP contribution in [0.1, 0.15) is 0 Å². The Morgan fingerprint density at radius 1 is 0.282 bits per heavy atom. The van der Waals surface area contributed by atoms with Crippen molar-refractivity contribution in [1.29, 1.82) is 0 Å². The SMILES string of the molecule is c1ccc(-c2cccc(-c3sc(-c4cc(-c5ccccc5)ccc4-c4ccccc4)c4ccccc34)c2)cc1. The van der Waals surface area contributed by atoms with E-state index in [1.165, 1.54) is 65.0 Å². The van der Waals surface area contributed by atoms with Crippen LogP contribution < -0.4 is 0 Å². The van der Waals surface area contributed by atoms with Crippen molar-refractivity contribution in [2.24, 2.45) is 0 Å². The third-order valence-corrected chi connectivity index (χ3v) is 8.61. The zero-order chi connectivity index (χ0) is 26.0. The molecule has 1 aromatic heterocycles. The smallest absolute Gasteiger partial charge is 0.0434 e. The lowest BCUT2D eigenvalue weighted by molar-refractivity contribution is 1.59. The second-order valence-corrected chi connectivity index (χ2v) is 10.8. The van der Waals surface area contributed by atoms with Gasteiger partial charge in [0.15, 0.2) is 0 Å². The maximum atomic E-state index is 2.38. The van der Waals surface area contributed by atoms with Gasteiger partial charge in [-0.05, 0) is 51.1 Å². The third-order valence-electron chi connectivity index (χ3n) is 7.31. The summed E-state index contributed by atoms with van der Waals surface area (Å²) in [7, 11) is 0. The first kappa shape index (κ1) is 23.4. The highest BCUT2D eigenvalue weighted by molar-refractivity contribution is 7.21. The number of benzene rings is 6. The van der Waals surface area contributed by atoms with Gasteiger partial charge in [-0.25, -0.2) is 0 Å². The number of thiophene rings is 1. The summed E-state index contributed by atoms with van der Waals surface area (Å²) in [6.07, 6.45) is 0. The lowest BCUT2D eigenvalue weighted by Gasteiger charge is -2.12. The molecule has 0 N–H and O–H groups in total. The molecule has 0 nitrogen and oxygen atoms in total. The molecular formula is C38H26S. The normalized spacial score (nSPS) is 11.1. The molecule has 0 amide bonds. The molecule has 0 radical (unpaired) electrons. The summed E-state index contributed by atoms with van der Waals surface area (Å²) in [4.78, 5) is 2.62. The first-order valence-electron chi connectivity index (χ1n) is 13.3. The van der Waals surface area contributed by atoms with Crippen LogP contribution in [0.15, 0.2) is 158 Å². The minimum absolute atomic E-state index is 1.23. The van der Waals surface area contributed by atoms with Gasteiger partial charge in [-0.1, -0.05) is 146 Å². The lowest BCUT2D eigenvalue weighted by atomic mass is 9.93. The van der Waals surface area contributed by atoms with Crippen LogP contribution in [-0.2, 0) is 0 Å². The maximum absolute atomic E-state index is 2.38. The molecule has 39 heavy (non-hydrogen) atoms. The first-order valence-corrected chi connectivity index (χ1v) is 14.1. The number of hydrogen-bond acceptors (Lipinski definition) is 1. The molecule has 0 bridgehead atoms. The van der Waals surface area contributed by atoms with Crippen molar-refractivity contribution in [2.45, 2.75) is 0 Å². The molecule has 7 rings (SSSR count). The van der Waals surface area contributed by atoms with Gasteiger partial charge < -0.3 is 0 Å². The predicted octanol–water partition coefficient (Wildman–Crippen LogP) is 11.2. The van der Waals surface area contributed by atoms with E-state index < -0.39 is 0 Å². The third kappa shape index (κ3) is 4.48. The summed E-state index contributed by atoms with van der Waals surface area (Å²) >= 11 is 1.90. The zero-order valence-electron chi connectivity index (χ0n) is 21.4. The molecule has 0 saturated carbocycles. The summed E-state index contributed by atoms with van der Waals surface area (Å²) in [5.41, 5.74) is 9.96. The van der Waals surface area contributed by atoms with Gasteiger partial charge in [0.1, 0.15) is 0 Å². The fraction of sp³-hybridized carbons (Fsp3) is 0. The zero-order valence-corrected chi connectivity index (χ0v) is 22.2. The predicted molar refractivity (Wildman–Crippen MR) is 169 cm³/mol. The average molecular weight is 515 g/mol. The summed E-state index contributed by atoms with van der Waals surface area (Å²) in [5.74, 6) is 0. The van der Waals surface area contributed by atoms with E-state index in [4.69, 9.17) is 0 Å². The molecule has 0 aliphatic carbocycles. The summed E-state index contributed by atoms with van der Waals surface area (Å²) in [6, 6.07) is 56.8. The number of fused-ring (bicyclic) bond motifs is 1. The highest BCUT2D eigenvalue weighted by Crippen LogP contribution is 2.48. The van der Waals surface area contributed by atoms with Gasteiger partial charge in [0.2, 0.25) is 0 Å². The van der Waals surface area contributed by atoms with Gasteiger partial charge >= 0.3 is 0 Å². The molecule has 1 heteroatoms. The average Bonchev–Trinajstić information content (AvgIpc) is 3.42. The van der Waals surface area contributed by atoms with Crippen LogP contribution in [-0.4, -0.2) is 0 Å². The van der Waals surface area contributed by atoms with E-state index >= 15 is 0 Å². The highest BCUT2D eigenvalue weighted by Gasteiger charge is 2.18. The molecule has 1 heterocycles. The molecule has 0 unspecified atom stereocenters. The van der Waals surface area contributed by atoms with Crippen molar-refractivity contribution < 1.29 is 0 Å². The monoisotopic (exact) mass is 514 g/mol. The molecular weight excluding hydrogens is 488 g/mol. The molecule has 0 saturated heterocycles. The Hall–Kier alpha value is -4.72. The quantitative estimate of drug-likeness (QED) is 0.214. The van der Waals surface area contributed by atoms with Gasteiger partial charge in [0.05, 0.1) is 0 Å². The van der Waals surface area contributed by atoms with Crippen LogP contribution in [0.3, 0.4) is 0 Å². The summed E-state index contributed by atoms with van der Waals surface area (Å²) < 4.78 is 0. The molecule has 184 valence electrons. The standard InChI is InChI=1S/C38H26S/c1-4-13-27(14-5-1)30-19-12-20-32(25-30)37-34-21-10-11-22-35(34)38(39-37)36-26-31(28-15-6-2-7-16-28)23-24-33(36)29-17-8-3-9-18-29/h1-26H. The van der Waals surface area contributed by atoms with Gasteiger partial charge in [-0.3, -0.25) is 0 Å². The van der Waals surface area contributed by atoms with Crippen molar-refractivity contribution in [3.8, 4) is 54.3 Å². The molecule has 0 atom stereocenters. The van der Waals surface area contributed by atoms with E-state index in [0.717, 1.165) is 0 Å². The van der Waals surface area contributed by atoms with E-state index in [0.29, 0.717) is 0 Å². The molecule has 7 aromatic rings. The second kappa shape index (κ2) is 10.2. The van der Waals surface area contributed by atoms with Crippen LogP contribution in [0.5, 0.6) is 0 Å². The van der Waals surface area contributed by atoms with Crippen LogP contribution in [0.2, 0.25) is 0 Å². The fourth-order valence-corrected chi connectivity index (χ4v) is 6.69. The second-order valence-electron chi connectivity index (χ2n) is 9.75. The Kier molecular flexibility index (Phi) is 6.13. The van der Waals surface area contributed by atoms with Crippen molar-refractivity contribution in [2.75, 3.05) is 0 Å². The summed E-state index contributed by atoms with van der Waals surface area (Å²) in [5, 5.41) is 2.59. The van der Waals surface area contributed by atoms with Crippen LogP contribution >= 0.6 is 11.3 Å². The van der Waals surface area contributed by atoms with Gasteiger partial charge in [0.25, 0.3) is 0 Å². The van der Waals surface area contributed by atoms with Crippen LogP contribution in [0.25, 0.3) is 65.0 Å². The number of hydrogen-bond donors (Lipinski definition) is 0. The Morgan fingerprint density at radius 3 is 1.41 bits per heavy atom. The molecule has 0 spiro atoms. The Balaban J connectivity index is 1.46. The van der Waals surface area contributed by atoms with E-state index in [2.05, 4.69) is 158 Å². The summed E-state index contributed by atoms with van der Waals surface area (Å²) in [6.45, 7) is 0. The molecule has 0 fully saturated rings. The minimum atomic E-state index is 1.23. The van der Waals surface area contributed by atoms with Gasteiger partial charge in [0, 0.05) is 26.1 Å². The van der Waals surface area contributed by atoms with Crippen LogP contribution in [0, 0.1) is 0 Å². The topological polar surface area (TPSA) is 0 Å². The van der Waals surface area contributed by atoms with Crippen molar-refractivity contribution in [3.63, 3.8) is 0 Å². The number of rotatable bonds is 5. The van der Waals surface area contributed by atoms with E-state index in [1.807, 2.05) is 11.3 Å². The van der Waals surface area contributed by atoms with Gasteiger partial charge in [-0.15, -0.1) is 11.3 Å². The Morgan fingerprint density at radius 2 is 0.769 bits per heavy atom. The first-order chi connectivity index (χ1) is 19.3. The van der Waals surface area contributed by atoms with Gasteiger partial charge in [-0.2, -0.15) is 0 Å². The van der Waals surface area contributed by atoms with Crippen molar-refractivity contribution in [3.05, 3.63) is 158 Å². The molecule has 0 aliphatic rings. The van der Waals surface area contributed by atoms with E-state index in [-0.39, 0.29) is 0 Å². The van der Waals surface area contributed by atoms with Crippen LogP contribution in [0.4, 0.5) is 0 Å².